The van der Waals surface area contributed by atoms with Crippen LogP contribution >= 0.6 is 0 Å². The van der Waals surface area contributed by atoms with E-state index < -0.39 is 18.8 Å². The minimum absolute atomic E-state index is 0.0228. The van der Waals surface area contributed by atoms with Gasteiger partial charge in [-0.25, -0.2) is 4.39 Å². The number of hydrogen-bond acceptors (Lipinski definition) is 3. The molecule has 0 radical (unpaired) electrons. The number of anilines is 1. The van der Waals surface area contributed by atoms with Crippen LogP contribution in [0.5, 0.6) is 0 Å². The second-order valence-electron chi connectivity index (χ2n) is 4.47. The van der Waals surface area contributed by atoms with Gasteiger partial charge in [0, 0.05) is 11.3 Å². The molecular formula is C14H13BFNO3. The predicted molar refractivity (Wildman–Crippen MR) is 75.4 cm³/mol. The standard InChI is InChI=1S/C14H13BFNO3/c1-9-3-2-4-13(5-9)17-14(18)10-6-11(15(19)20)8-12(16)7-10/h2-8,19-20H,1H3,(H,17,18). The SMILES string of the molecule is Cc1cccc(NC(=O)c2cc(F)cc(B(O)O)c2)c1. The van der Waals surface area contributed by atoms with Gasteiger partial charge in [0.05, 0.1) is 0 Å². The van der Waals surface area contributed by atoms with Crippen LogP contribution in [0.2, 0.25) is 0 Å². The molecule has 0 fully saturated rings. The zero-order valence-corrected chi connectivity index (χ0v) is 10.8. The number of nitrogens with one attached hydrogen (secondary N) is 1. The van der Waals surface area contributed by atoms with Crippen LogP contribution in [0.4, 0.5) is 10.1 Å². The Kier molecular flexibility index (Phi) is 4.17. The Labute approximate surface area is 116 Å². The highest BCUT2D eigenvalue weighted by Crippen LogP contribution is 2.12. The Bertz CT molecular complexity index is 646. The molecule has 0 aliphatic heterocycles. The Hall–Kier alpha value is -2.18. The van der Waals surface area contributed by atoms with Crippen molar-refractivity contribution in [2.24, 2.45) is 0 Å². The number of amides is 1. The number of halogens is 1. The molecule has 3 N–H and O–H groups in total. The highest BCUT2D eigenvalue weighted by molar-refractivity contribution is 6.58. The molecule has 0 atom stereocenters. The van der Waals surface area contributed by atoms with E-state index in [9.17, 15) is 9.18 Å². The van der Waals surface area contributed by atoms with Crippen LogP contribution in [0.25, 0.3) is 0 Å². The van der Waals surface area contributed by atoms with Crippen LogP contribution in [0, 0.1) is 12.7 Å². The van der Waals surface area contributed by atoms with Crippen molar-refractivity contribution in [3.05, 3.63) is 59.4 Å². The Morgan fingerprint density at radius 3 is 2.60 bits per heavy atom. The lowest BCUT2D eigenvalue weighted by Crippen LogP contribution is -2.31. The molecule has 0 aliphatic carbocycles. The molecule has 0 saturated heterocycles. The molecule has 6 heteroatoms. The number of carbonyl (C=O) groups is 1. The summed E-state index contributed by atoms with van der Waals surface area (Å²) < 4.78 is 13.3. The highest BCUT2D eigenvalue weighted by Gasteiger charge is 2.16. The third-order valence-electron chi connectivity index (χ3n) is 2.76. The zero-order chi connectivity index (χ0) is 14.7. The number of benzene rings is 2. The van der Waals surface area contributed by atoms with Gasteiger partial charge in [-0.15, -0.1) is 0 Å². The first kappa shape index (κ1) is 14.2. The molecule has 20 heavy (non-hydrogen) atoms. The van der Waals surface area contributed by atoms with E-state index >= 15 is 0 Å². The fourth-order valence-corrected chi connectivity index (χ4v) is 1.82. The van der Waals surface area contributed by atoms with Crippen LogP contribution in [0.3, 0.4) is 0 Å². The minimum Gasteiger partial charge on any atom is -0.423 e. The molecule has 0 spiro atoms. The fraction of sp³-hybridized carbons (Fsp3) is 0.0714. The average molecular weight is 273 g/mol. The van der Waals surface area contributed by atoms with Crippen molar-refractivity contribution in [1.29, 1.82) is 0 Å². The van der Waals surface area contributed by atoms with E-state index in [1.54, 1.807) is 18.2 Å². The van der Waals surface area contributed by atoms with Gasteiger partial charge in [-0.3, -0.25) is 4.79 Å². The minimum atomic E-state index is -1.82. The fourth-order valence-electron chi connectivity index (χ4n) is 1.82. The maximum atomic E-state index is 13.3. The Morgan fingerprint density at radius 1 is 1.20 bits per heavy atom. The van der Waals surface area contributed by atoms with E-state index in [0.29, 0.717) is 5.69 Å². The first-order chi connectivity index (χ1) is 9.45. The first-order valence-corrected chi connectivity index (χ1v) is 6.00. The summed E-state index contributed by atoms with van der Waals surface area (Å²) in [6, 6.07) is 10.4. The van der Waals surface area contributed by atoms with Crippen molar-refractivity contribution in [3.8, 4) is 0 Å². The summed E-state index contributed by atoms with van der Waals surface area (Å²) in [6.07, 6.45) is 0. The van der Waals surface area contributed by atoms with Gasteiger partial charge >= 0.3 is 7.12 Å². The van der Waals surface area contributed by atoms with Crippen LogP contribution in [0.1, 0.15) is 15.9 Å². The van der Waals surface area contributed by atoms with Crippen molar-refractivity contribution in [1.82, 2.24) is 0 Å². The van der Waals surface area contributed by atoms with Gasteiger partial charge in [0.15, 0.2) is 0 Å². The predicted octanol–water partition coefficient (Wildman–Crippen LogP) is 1.07. The highest BCUT2D eigenvalue weighted by atomic mass is 19.1. The lowest BCUT2D eigenvalue weighted by Gasteiger charge is -2.08. The molecule has 2 aromatic rings. The van der Waals surface area contributed by atoms with Crippen molar-refractivity contribution in [2.75, 3.05) is 5.32 Å². The molecule has 0 saturated carbocycles. The van der Waals surface area contributed by atoms with E-state index in [1.165, 1.54) is 6.07 Å². The molecule has 0 bridgehead atoms. The molecule has 0 aliphatic rings. The monoisotopic (exact) mass is 273 g/mol. The molecule has 4 nitrogen and oxygen atoms in total. The molecule has 1 amide bonds. The van der Waals surface area contributed by atoms with Gasteiger partial charge in [-0.05, 0) is 48.3 Å². The van der Waals surface area contributed by atoms with Crippen molar-refractivity contribution >= 4 is 24.2 Å². The molecule has 2 aromatic carbocycles. The van der Waals surface area contributed by atoms with Crippen molar-refractivity contribution in [3.63, 3.8) is 0 Å². The van der Waals surface area contributed by atoms with Gasteiger partial charge in [-0.1, -0.05) is 12.1 Å². The Balaban J connectivity index is 2.25. The normalized spacial score (nSPS) is 10.2. The summed E-state index contributed by atoms with van der Waals surface area (Å²) in [5.74, 6) is -1.22. The zero-order valence-electron chi connectivity index (χ0n) is 10.8. The molecule has 102 valence electrons. The quantitative estimate of drug-likeness (QED) is 0.732. The summed E-state index contributed by atoms with van der Waals surface area (Å²) in [4.78, 5) is 12.0. The van der Waals surface area contributed by atoms with Crippen LogP contribution in [-0.2, 0) is 0 Å². The summed E-state index contributed by atoms with van der Waals surface area (Å²) >= 11 is 0. The number of rotatable bonds is 3. The lowest BCUT2D eigenvalue weighted by atomic mass is 9.79. The third-order valence-corrected chi connectivity index (χ3v) is 2.76. The van der Waals surface area contributed by atoms with Crippen molar-refractivity contribution < 1.29 is 19.2 Å². The van der Waals surface area contributed by atoms with Gasteiger partial charge < -0.3 is 15.4 Å². The smallest absolute Gasteiger partial charge is 0.423 e. The molecule has 0 unspecified atom stereocenters. The maximum absolute atomic E-state index is 13.3. The maximum Gasteiger partial charge on any atom is 0.488 e. The first-order valence-electron chi connectivity index (χ1n) is 6.00. The Morgan fingerprint density at radius 2 is 1.95 bits per heavy atom. The van der Waals surface area contributed by atoms with Gasteiger partial charge in [0.1, 0.15) is 5.82 Å². The van der Waals surface area contributed by atoms with Gasteiger partial charge in [0.2, 0.25) is 0 Å². The number of aryl methyl sites for hydroxylation is 1. The molecule has 0 heterocycles. The van der Waals surface area contributed by atoms with E-state index in [-0.39, 0.29) is 11.0 Å². The lowest BCUT2D eigenvalue weighted by molar-refractivity contribution is 0.102. The topological polar surface area (TPSA) is 69.6 Å². The molecule has 2 rings (SSSR count). The largest absolute Gasteiger partial charge is 0.488 e. The summed E-state index contributed by atoms with van der Waals surface area (Å²) in [5.41, 5.74) is 1.52. The van der Waals surface area contributed by atoms with Crippen LogP contribution in [-0.4, -0.2) is 23.1 Å². The number of hydrogen-bond donors (Lipinski definition) is 3. The van der Waals surface area contributed by atoms with E-state index in [4.69, 9.17) is 10.0 Å². The van der Waals surface area contributed by atoms with E-state index in [1.807, 2.05) is 13.0 Å². The molecular weight excluding hydrogens is 260 g/mol. The van der Waals surface area contributed by atoms with E-state index in [2.05, 4.69) is 5.32 Å². The van der Waals surface area contributed by atoms with Gasteiger partial charge in [-0.2, -0.15) is 0 Å². The molecule has 0 aromatic heterocycles. The number of carbonyl (C=O) groups excluding carboxylic acids is 1. The van der Waals surface area contributed by atoms with Crippen molar-refractivity contribution in [2.45, 2.75) is 6.92 Å². The summed E-state index contributed by atoms with van der Waals surface area (Å²) in [5, 5.41) is 20.7. The average Bonchev–Trinajstić information content (AvgIpc) is 2.37. The summed E-state index contributed by atoms with van der Waals surface area (Å²) in [7, 11) is -1.82. The van der Waals surface area contributed by atoms with E-state index in [0.717, 1.165) is 17.7 Å². The summed E-state index contributed by atoms with van der Waals surface area (Å²) in [6.45, 7) is 1.89. The third kappa shape index (κ3) is 3.43. The second kappa shape index (κ2) is 5.86. The van der Waals surface area contributed by atoms with Crippen LogP contribution in [0.15, 0.2) is 42.5 Å². The van der Waals surface area contributed by atoms with Crippen LogP contribution < -0.4 is 10.8 Å². The second-order valence-corrected chi connectivity index (χ2v) is 4.47. The van der Waals surface area contributed by atoms with Gasteiger partial charge in [0.25, 0.3) is 5.91 Å².